The molecule has 0 atom stereocenters. The van der Waals surface area contributed by atoms with Gasteiger partial charge in [-0.3, -0.25) is 0 Å². The summed E-state index contributed by atoms with van der Waals surface area (Å²) in [5.74, 6) is 2.94. The summed E-state index contributed by atoms with van der Waals surface area (Å²) in [6.45, 7) is 21.7. The van der Waals surface area contributed by atoms with E-state index in [4.69, 9.17) is 78.8 Å². The highest BCUT2D eigenvalue weighted by Gasteiger charge is 2.36. The predicted molar refractivity (Wildman–Crippen MR) is 310 cm³/mol. The Labute approximate surface area is 474 Å². The third kappa shape index (κ3) is 16.6. The van der Waals surface area contributed by atoms with Crippen LogP contribution in [0.25, 0.3) is 22.3 Å². The number of piperidine rings is 3. The first-order chi connectivity index (χ1) is 35.4. The van der Waals surface area contributed by atoms with Crippen LogP contribution < -0.4 is 48.3 Å². The molecule has 0 radical (unpaired) electrons. The first-order valence-corrected chi connectivity index (χ1v) is 27.2. The van der Waals surface area contributed by atoms with Crippen molar-refractivity contribution in [1.29, 1.82) is 0 Å². The van der Waals surface area contributed by atoms with Crippen molar-refractivity contribution >= 4 is 110 Å². The van der Waals surface area contributed by atoms with Crippen LogP contribution in [-0.4, -0.2) is 109 Å². The number of aromatic nitrogens is 6. The molecule has 10 N–H and O–H groups in total. The molecule has 19 nitrogen and oxygen atoms in total. The molecule has 0 unspecified atom stereocenters. The molecule has 5 aromatic rings. The van der Waals surface area contributed by atoms with Crippen LogP contribution in [0.3, 0.4) is 0 Å². The van der Waals surface area contributed by atoms with Crippen molar-refractivity contribution in [2.24, 2.45) is 5.73 Å². The number of nitrogens with zero attached hydrogens (tertiary/aromatic N) is 9. The Bertz CT molecular complexity index is 2840. The summed E-state index contributed by atoms with van der Waals surface area (Å²) in [6, 6.07) is 10.8. The van der Waals surface area contributed by atoms with Gasteiger partial charge in [-0.1, -0.05) is 70.7 Å². The summed E-state index contributed by atoms with van der Waals surface area (Å²) in [7, 11) is 0. The molecule has 2 amide bonds. The van der Waals surface area contributed by atoms with E-state index in [-0.39, 0.29) is 22.7 Å². The van der Waals surface area contributed by atoms with Crippen molar-refractivity contribution < 1.29 is 19.1 Å². The van der Waals surface area contributed by atoms with E-state index >= 15 is 0 Å². The fourth-order valence-electron chi connectivity index (χ4n) is 8.40. The number of hydrogen-bond acceptors (Lipinski definition) is 17. The Morgan fingerprint density at radius 2 is 0.882 bits per heavy atom. The lowest BCUT2D eigenvalue weighted by Gasteiger charge is -2.40. The molecule has 3 aliphatic heterocycles. The van der Waals surface area contributed by atoms with Gasteiger partial charge in [-0.2, -0.15) is 15.0 Å². The second kappa shape index (κ2) is 24.5. The summed E-state index contributed by atoms with van der Waals surface area (Å²) in [5.41, 5.74) is 25.3. The van der Waals surface area contributed by atoms with Crippen molar-refractivity contribution in [3.63, 3.8) is 0 Å². The number of nitrogens with two attached hydrogens (primary N) is 4. The van der Waals surface area contributed by atoms with Crippen LogP contribution in [0, 0.1) is 0 Å². The number of halogens is 5. The Morgan fingerprint density at radius 1 is 0.553 bits per heavy atom. The van der Waals surface area contributed by atoms with E-state index < -0.39 is 17.3 Å². The minimum atomic E-state index is -0.528. The number of benzene rings is 2. The van der Waals surface area contributed by atoms with Crippen LogP contribution in [0.4, 0.5) is 44.9 Å². The van der Waals surface area contributed by atoms with Gasteiger partial charge in [0, 0.05) is 96.7 Å². The summed E-state index contributed by atoms with van der Waals surface area (Å²) in [5, 5.41) is 7.78. The lowest BCUT2D eigenvalue weighted by Crippen LogP contribution is -2.54. The molecule has 2 aromatic carbocycles. The Kier molecular flexibility index (Phi) is 19.3. The normalized spacial score (nSPS) is 17.0. The molecule has 8 rings (SSSR count). The second-order valence-electron chi connectivity index (χ2n) is 22.0. The largest absolute Gasteiger partial charge is 0.444 e. The molecule has 3 saturated heterocycles. The smallest absolute Gasteiger partial charge is 0.408 e. The molecule has 24 heteroatoms. The Balaban J connectivity index is 0.000000187. The van der Waals surface area contributed by atoms with Gasteiger partial charge in [0.1, 0.15) is 28.7 Å². The first kappa shape index (κ1) is 59.9. The standard InChI is InChI=1S/C21H27Cl2N5O2.C16H19Cl2N5.C15H24BrN5O2/c1-20(2,3)30-19(29)27-21(4)8-10-28(11-9-21)18-25-12-14(17(24)26-18)13-6-5-7-15(22)16(13)23;1-16(20)5-7-23(8-6-16)15-21-9-11(14(19)22-15)10-3-2-4-12(17)13(10)18;1-14(2,3)23-13(22)20-15(4)5-7-21(8-6-15)12-18-9-10(16)11(17)19-12/h5-7,12H,8-11H2,1-4H3,(H,27,29)(H2,24,25,26);2-4,9H,5-8,20H2,1H3,(H2,19,21,22);9H,5-8H2,1-4H3,(H,20,22)(H2,17,18,19). The van der Waals surface area contributed by atoms with E-state index in [1.54, 1.807) is 36.8 Å². The minimum absolute atomic E-state index is 0.115. The third-order valence-corrected chi connectivity index (χ3v) is 15.2. The van der Waals surface area contributed by atoms with Crippen molar-refractivity contribution in [2.45, 2.75) is 129 Å². The van der Waals surface area contributed by atoms with Gasteiger partial charge in [-0.05, 0) is 129 Å². The van der Waals surface area contributed by atoms with Crippen LogP contribution in [-0.2, 0) is 9.47 Å². The maximum atomic E-state index is 12.1. The van der Waals surface area contributed by atoms with Crippen LogP contribution in [0.2, 0.25) is 20.1 Å². The van der Waals surface area contributed by atoms with Gasteiger partial charge >= 0.3 is 12.2 Å². The molecule has 0 spiro atoms. The highest BCUT2D eigenvalue weighted by molar-refractivity contribution is 9.10. The number of alkyl carbamates (subject to hydrolysis) is 2. The van der Waals surface area contributed by atoms with Crippen molar-refractivity contribution in [3.8, 4) is 22.3 Å². The van der Waals surface area contributed by atoms with Gasteiger partial charge < -0.3 is 57.7 Å². The van der Waals surface area contributed by atoms with Crippen molar-refractivity contribution in [3.05, 3.63) is 79.6 Å². The highest BCUT2D eigenvalue weighted by atomic mass is 79.9. The lowest BCUT2D eigenvalue weighted by atomic mass is 9.90. The summed E-state index contributed by atoms with van der Waals surface area (Å²) in [4.78, 5) is 56.8. The molecule has 76 heavy (non-hydrogen) atoms. The molecule has 0 bridgehead atoms. The zero-order valence-corrected chi connectivity index (χ0v) is 49.1. The summed E-state index contributed by atoms with van der Waals surface area (Å²) in [6.07, 6.45) is 9.08. The molecule has 0 aliphatic carbocycles. The van der Waals surface area contributed by atoms with Gasteiger partial charge in [-0.25, -0.2) is 24.5 Å². The number of carbonyl (C=O) groups excluding carboxylic acids is 2. The van der Waals surface area contributed by atoms with Crippen LogP contribution >= 0.6 is 62.3 Å². The summed E-state index contributed by atoms with van der Waals surface area (Å²) < 4.78 is 11.4. The van der Waals surface area contributed by atoms with Gasteiger partial charge in [0.15, 0.2) is 0 Å². The third-order valence-electron chi connectivity index (χ3n) is 12.9. The number of nitrogen functional groups attached to an aromatic ring is 3. The average molecular weight is 1190 g/mol. The molecule has 3 aliphatic rings. The maximum Gasteiger partial charge on any atom is 0.408 e. The topological polar surface area (TPSA) is 268 Å². The zero-order valence-electron chi connectivity index (χ0n) is 44.5. The minimum Gasteiger partial charge on any atom is -0.444 e. The van der Waals surface area contributed by atoms with E-state index in [0.717, 1.165) is 70.3 Å². The van der Waals surface area contributed by atoms with E-state index in [2.05, 4.69) is 78.1 Å². The number of hydrogen-bond donors (Lipinski definition) is 6. The quantitative estimate of drug-likeness (QED) is 0.0884. The lowest BCUT2D eigenvalue weighted by molar-refractivity contribution is 0.0435. The number of carbonyl (C=O) groups is 2. The Morgan fingerprint density at radius 3 is 1.21 bits per heavy atom. The molecule has 0 saturated carbocycles. The molecule has 3 aromatic heterocycles. The Hall–Kier alpha value is -5.38. The molecule has 3 fully saturated rings. The van der Waals surface area contributed by atoms with Crippen LogP contribution in [0.15, 0.2) is 59.5 Å². The number of rotatable bonds is 7. The maximum absolute atomic E-state index is 12.1. The number of amides is 2. The van der Waals surface area contributed by atoms with Gasteiger partial charge in [0.25, 0.3) is 0 Å². The summed E-state index contributed by atoms with van der Waals surface area (Å²) >= 11 is 28.0. The molecular formula is C52H70BrCl4N15O4. The number of nitrogens with one attached hydrogen (secondary N) is 2. The van der Waals surface area contributed by atoms with Gasteiger partial charge in [-0.15, -0.1) is 0 Å². The predicted octanol–water partition coefficient (Wildman–Crippen LogP) is 11.0. The molecule has 412 valence electrons. The van der Waals surface area contributed by atoms with Crippen LogP contribution in [0.1, 0.15) is 101 Å². The van der Waals surface area contributed by atoms with E-state index in [1.165, 1.54) is 0 Å². The van der Waals surface area contributed by atoms with Crippen molar-refractivity contribution in [1.82, 2.24) is 40.5 Å². The second-order valence-corrected chi connectivity index (χ2v) is 24.5. The van der Waals surface area contributed by atoms with Gasteiger partial charge in [0.05, 0.1) is 24.6 Å². The SMILES string of the molecule is CC1(N)CCN(c2ncc(-c3cccc(Cl)c3Cl)c(N)n2)CC1.CC1(NC(=O)OC(C)(C)C)CCN(c2ncc(-c3cccc(Cl)c3Cl)c(N)n2)CC1.CC1(NC(=O)OC(C)(C)C)CCN(c2ncc(Br)c(N)n2)CC1. The van der Waals surface area contributed by atoms with Gasteiger partial charge in [0.2, 0.25) is 17.8 Å². The average Bonchev–Trinajstić information content (AvgIpc) is 3.31. The van der Waals surface area contributed by atoms with Crippen LogP contribution in [0.5, 0.6) is 0 Å². The number of anilines is 6. The van der Waals surface area contributed by atoms with E-state index in [0.29, 0.717) is 89.6 Å². The fourth-order valence-corrected chi connectivity index (χ4v) is 9.40. The fraction of sp³-hybridized carbons (Fsp3) is 0.500. The van der Waals surface area contributed by atoms with E-state index in [1.807, 2.05) is 73.6 Å². The molecular weight excluding hydrogens is 1120 g/mol. The number of ether oxygens (including phenoxy) is 2. The molecule has 6 heterocycles. The zero-order chi connectivity index (χ0) is 56.0. The van der Waals surface area contributed by atoms with E-state index in [9.17, 15) is 9.59 Å². The monoisotopic (exact) mass is 1190 g/mol. The van der Waals surface area contributed by atoms with Crippen molar-refractivity contribution in [2.75, 3.05) is 71.2 Å². The first-order valence-electron chi connectivity index (χ1n) is 24.9. The highest BCUT2D eigenvalue weighted by Crippen LogP contribution is 2.38.